The maximum atomic E-state index is 12.4. The first-order chi connectivity index (χ1) is 11.9. The molecule has 2 aromatic carbocycles. The lowest BCUT2D eigenvalue weighted by molar-refractivity contribution is -0.284. The molecule has 5 nitrogen and oxygen atoms in total. The van der Waals surface area contributed by atoms with Crippen LogP contribution in [0.25, 0.3) is 0 Å². The lowest BCUT2D eigenvalue weighted by Crippen LogP contribution is -2.52. The predicted molar refractivity (Wildman–Crippen MR) is 97.7 cm³/mol. The number of amides is 2. The molecule has 2 aromatic rings. The highest BCUT2D eigenvalue weighted by atomic mass is 35.5. The molecule has 2 atom stereocenters. The van der Waals surface area contributed by atoms with Gasteiger partial charge in [-0.2, -0.15) is 0 Å². The van der Waals surface area contributed by atoms with Gasteiger partial charge in [-0.3, -0.25) is 0 Å². The van der Waals surface area contributed by atoms with Crippen LogP contribution in [0, 0.1) is 0 Å². The van der Waals surface area contributed by atoms with E-state index >= 15 is 0 Å². The Hall–Kier alpha value is -2.08. The van der Waals surface area contributed by atoms with E-state index in [4.69, 9.17) is 21.1 Å². The van der Waals surface area contributed by atoms with Crippen molar-refractivity contribution in [1.29, 1.82) is 0 Å². The van der Waals surface area contributed by atoms with Crippen LogP contribution in [0.15, 0.2) is 54.6 Å². The van der Waals surface area contributed by atoms with Crippen molar-refractivity contribution in [2.75, 3.05) is 11.9 Å². The molecule has 0 aromatic heterocycles. The number of rotatable bonds is 3. The molecule has 1 aliphatic rings. The predicted octanol–water partition coefficient (Wildman–Crippen LogP) is 4.35. The maximum absolute atomic E-state index is 12.4. The van der Waals surface area contributed by atoms with Crippen LogP contribution >= 0.6 is 11.6 Å². The fourth-order valence-corrected chi connectivity index (χ4v) is 2.93. The van der Waals surface area contributed by atoms with Gasteiger partial charge >= 0.3 is 6.03 Å². The molecule has 25 heavy (non-hydrogen) atoms. The molecule has 0 spiro atoms. The van der Waals surface area contributed by atoms with Gasteiger partial charge in [-0.05, 0) is 31.5 Å². The van der Waals surface area contributed by atoms with E-state index in [1.54, 1.807) is 12.1 Å². The average molecular weight is 361 g/mol. The molecule has 0 saturated carbocycles. The first kappa shape index (κ1) is 17.7. The number of urea groups is 1. The highest BCUT2D eigenvalue weighted by molar-refractivity contribution is 6.33. The van der Waals surface area contributed by atoms with Gasteiger partial charge in [0.05, 0.1) is 23.4 Å². The Morgan fingerprint density at radius 2 is 1.80 bits per heavy atom. The van der Waals surface area contributed by atoms with Gasteiger partial charge in [0.2, 0.25) is 0 Å². The van der Waals surface area contributed by atoms with E-state index in [0.29, 0.717) is 17.3 Å². The SMILES string of the molecule is CC1(C)OC[C@H](NC(=O)Nc2ccccc2Cl)[C@@H](c2ccccc2)O1. The number of nitrogens with one attached hydrogen (secondary N) is 2. The second kappa shape index (κ2) is 7.44. The molecule has 6 heteroatoms. The van der Waals surface area contributed by atoms with Crippen molar-refractivity contribution in [2.45, 2.75) is 31.8 Å². The number of hydrogen-bond acceptors (Lipinski definition) is 3. The highest BCUT2D eigenvalue weighted by Gasteiger charge is 2.38. The maximum Gasteiger partial charge on any atom is 0.319 e. The number of carbonyl (C=O) groups excluding carboxylic acids is 1. The zero-order valence-corrected chi connectivity index (χ0v) is 14.9. The van der Waals surface area contributed by atoms with Crippen molar-refractivity contribution in [3.8, 4) is 0 Å². The molecule has 1 fully saturated rings. The van der Waals surface area contributed by atoms with Crippen molar-refractivity contribution in [3.05, 3.63) is 65.2 Å². The Labute approximate surface area is 152 Å². The number of para-hydroxylation sites is 1. The topological polar surface area (TPSA) is 59.6 Å². The lowest BCUT2D eigenvalue weighted by Gasteiger charge is -2.41. The van der Waals surface area contributed by atoms with Gasteiger partial charge < -0.3 is 20.1 Å². The minimum absolute atomic E-state index is 0.304. The molecule has 1 saturated heterocycles. The summed E-state index contributed by atoms with van der Waals surface area (Å²) in [5.74, 6) is -0.710. The van der Waals surface area contributed by atoms with Crippen molar-refractivity contribution in [1.82, 2.24) is 5.32 Å². The van der Waals surface area contributed by atoms with Crippen molar-refractivity contribution in [2.24, 2.45) is 0 Å². The third-order valence-electron chi connectivity index (χ3n) is 3.95. The normalized spacial score (nSPS) is 22.2. The standard InChI is InChI=1S/C19H21ClN2O3/c1-19(2)24-12-16(17(25-19)13-8-4-3-5-9-13)22-18(23)21-15-11-7-6-10-14(15)20/h3-11,16-17H,12H2,1-2H3,(H2,21,22,23)/t16-,17+/m0/s1. The van der Waals surface area contributed by atoms with E-state index in [1.165, 1.54) is 0 Å². The zero-order valence-electron chi connectivity index (χ0n) is 14.2. The molecule has 3 rings (SSSR count). The molecule has 132 valence electrons. The van der Waals surface area contributed by atoms with Crippen molar-refractivity contribution >= 4 is 23.3 Å². The smallest absolute Gasteiger partial charge is 0.319 e. The third kappa shape index (κ3) is 4.51. The van der Waals surface area contributed by atoms with Gasteiger partial charge in [0.1, 0.15) is 6.10 Å². The molecule has 0 bridgehead atoms. The van der Waals surface area contributed by atoms with Crippen LogP contribution in [0.1, 0.15) is 25.5 Å². The minimum atomic E-state index is -0.710. The quantitative estimate of drug-likeness (QED) is 0.855. The van der Waals surface area contributed by atoms with Crippen molar-refractivity contribution < 1.29 is 14.3 Å². The van der Waals surface area contributed by atoms with Gasteiger partial charge in [0.15, 0.2) is 5.79 Å². The average Bonchev–Trinajstić information content (AvgIpc) is 2.59. The number of benzene rings is 2. The molecule has 0 radical (unpaired) electrons. The van der Waals surface area contributed by atoms with Gasteiger partial charge in [-0.25, -0.2) is 4.79 Å². The summed E-state index contributed by atoms with van der Waals surface area (Å²) in [7, 11) is 0. The number of ether oxygens (including phenoxy) is 2. The Morgan fingerprint density at radius 3 is 2.52 bits per heavy atom. The lowest BCUT2D eigenvalue weighted by atomic mass is 10.0. The van der Waals surface area contributed by atoms with Crippen LogP contribution in [-0.2, 0) is 9.47 Å². The van der Waals surface area contributed by atoms with Crippen LogP contribution in [0.4, 0.5) is 10.5 Å². The van der Waals surface area contributed by atoms with Crippen molar-refractivity contribution in [3.63, 3.8) is 0 Å². The second-order valence-corrected chi connectivity index (χ2v) is 6.75. The number of carbonyl (C=O) groups is 1. The van der Waals surface area contributed by atoms with Crippen LogP contribution in [0.3, 0.4) is 0 Å². The summed E-state index contributed by atoms with van der Waals surface area (Å²) in [4.78, 5) is 12.4. The second-order valence-electron chi connectivity index (χ2n) is 6.34. The third-order valence-corrected chi connectivity index (χ3v) is 4.28. The van der Waals surface area contributed by atoms with E-state index in [-0.39, 0.29) is 18.2 Å². The molecule has 0 unspecified atom stereocenters. The Morgan fingerprint density at radius 1 is 1.12 bits per heavy atom. The number of anilines is 1. The van der Waals surface area contributed by atoms with Crippen LogP contribution < -0.4 is 10.6 Å². The highest BCUT2D eigenvalue weighted by Crippen LogP contribution is 2.33. The summed E-state index contributed by atoms with van der Waals surface area (Å²) >= 11 is 6.08. The fraction of sp³-hybridized carbons (Fsp3) is 0.316. The molecule has 1 heterocycles. The number of hydrogen-bond donors (Lipinski definition) is 2. The van der Waals surface area contributed by atoms with Crippen LogP contribution in [0.2, 0.25) is 5.02 Å². The summed E-state index contributed by atoms with van der Waals surface area (Å²) in [6.45, 7) is 4.08. The largest absolute Gasteiger partial charge is 0.348 e. The van der Waals surface area contributed by atoms with E-state index < -0.39 is 5.79 Å². The first-order valence-electron chi connectivity index (χ1n) is 8.13. The molecule has 0 aliphatic carbocycles. The fourth-order valence-electron chi connectivity index (χ4n) is 2.75. The Balaban J connectivity index is 1.73. The van der Waals surface area contributed by atoms with E-state index in [9.17, 15) is 4.79 Å². The summed E-state index contributed by atoms with van der Waals surface area (Å²) in [6.07, 6.45) is -0.304. The number of halogens is 1. The van der Waals surface area contributed by atoms with Gasteiger partial charge in [-0.15, -0.1) is 0 Å². The molecule has 2 N–H and O–H groups in total. The van der Waals surface area contributed by atoms with Crippen LogP contribution in [0.5, 0.6) is 0 Å². The molecule has 2 amide bonds. The summed E-state index contributed by atoms with van der Waals surface area (Å²) < 4.78 is 11.8. The minimum Gasteiger partial charge on any atom is -0.348 e. The molecule has 1 aliphatic heterocycles. The Bertz CT molecular complexity index is 736. The zero-order chi connectivity index (χ0) is 17.9. The summed E-state index contributed by atoms with van der Waals surface area (Å²) in [5, 5.41) is 6.16. The monoisotopic (exact) mass is 360 g/mol. The summed E-state index contributed by atoms with van der Waals surface area (Å²) in [6, 6.07) is 16.2. The molecular formula is C19H21ClN2O3. The van der Waals surface area contributed by atoms with E-state index in [1.807, 2.05) is 56.3 Å². The van der Waals surface area contributed by atoms with E-state index in [2.05, 4.69) is 10.6 Å². The van der Waals surface area contributed by atoms with Gasteiger partial charge in [-0.1, -0.05) is 54.1 Å². The van der Waals surface area contributed by atoms with E-state index in [0.717, 1.165) is 5.56 Å². The summed E-state index contributed by atoms with van der Waals surface area (Å²) in [5.41, 5.74) is 1.54. The van der Waals surface area contributed by atoms with Gasteiger partial charge in [0.25, 0.3) is 0 Å². The van der Waals surface area contributed by atoms with Gasteiger partial charge in [0, 0.05) is 0 Å². The first-order valence-corrected chi connectivity index (χ1v) is 8.51. The molecular weight excluding hydrogens is 340 g/mol. The Kier molecular flexibility index (Phi) is 5.27. The van der Waals surface area contributed by atoms with Crippen LogP contribution in [-0.4, -0.2) is 24.5 Å².